The number of rotatable bonds is 16. The summed E-state index contributed by atoms with van der Waals surface area (Å²) in [5, 5.41) is 11.8. The Hall–Kier alpha value is -3.53. The van der Waals surface area contributed by atoms with Crippen molar-refractivity contribution in [2.75, 3.05) is 30.5 Å². The van der Waals surface area contributed by atoms with E-state index in [0.29, 0.717) is 25.2 Å². The van der Waals surface area contributed by atoms with E-state index >= 15 is 0 Å². The number of hydrogen-bond acceptors (Lipinski definition) is 13. The Bertz CT molecular complexity index is 2310. The molecule has 6 rings (SSSR count). The molecule has 2 aliphatic rings. The van der Waals surface area contributed by atoms with Crippen molar-refractivity contribution in [1.82, 2.24) is 0 Å². The Balaban J connectivity index is 0.000000253. The molecular formula is C40H48O14S4. The lowest BCUT2D eigenvalue weighted by Gasteiger charge is -2.32. The van der Waals surface area contributed by atoms with E-state index in [1.165, 1.54) is 0 Å². The molecule has 0 atom stereocenters. The lowest BCUT2D eigenvalue weighted by molar-refractivity contribution is -0.432. The van der Waals surface area contributed by atoms with Gasteiger partial charge in [0, 0.05) is 34.3 Å². The largest absolute Gasteiger partial charge is 0.425 e. The second-order valence-electron chi connectivity index (χ2n) is 14.4. The minimum Gasteiger partial charge on any atom is -0.342 e. The summed E-state index contributed by atoms with van der Waals surface area (Å²) < 4.78 is 106. The molecule has 0 amide bonds. The zero-order valence-corrected chi connectivity index (χ0v) is 36.0. The van der Waals surface area contributed by atoms with Crippen LogP contribution in [0.4, 0.5) is 0 Å². The van der Waals surface area contributed by atoms with E-state index in [1.807, 2.05) is 71.0 Å². The van der Waals surface area contributed by atoms with Gasteiger partial charge in [-0.05, 0) is 98.9 Å². The first-order chi connectivity index (χ1) is 27.2. The molecule has 0 fully saturated rings. The highest BCUT2D eigenvalue weighted by atomic mass is 32.2. The SMILES string of the molecule is Cc1ccc2c(c1)C(C)(CS(=O)(=O)O)c1cc(C)ccc1-2.Cc1ccc2c(c1)C(OCCCCSOOO)(OCCCCS(=O)(=O)O)c1cc(C)ccc1-2.O=S(=O)=O. The average Bonchev–Trinajstić information content (AvgIpc) is 3.50. The van der Waals surface area contributed by atoms with Crippen LogP contribution >= 0.6 is 12.0 Å². The lowest BCUT2D eigenvalue weighted by atomic mass is 9.81. The van der Waals surface area contributed by atoms with E-state index in [0.717, 1.165) is 91.6 Å². The Morgan fingerprint density at radius 1 is 0.603 bits per heavy atom. The smallest absolute Gasteiger partial charge is 0.342 e. The molecule has 0 saturated carbocycles. The van der Waals surface area contributed by atoms with E-state index in [1.54, 1.807) is 0 Å². The first-order valence-corrected chi connectivity index (χ1v) is 23.3. The van der Waals surface area contributed by atoms with Gasteiger partial charge in [-0.1, -0.05) is 94.9 Å². The fraction of sp³-hybridized carbons (Fsp3) is 0.400. The van der Waals surface area contributed by atoms with E-state index in [-0.39, 0.29) is 18.1 Å². The van der Waals surface area contributed by atoms with E-state index in [4.69, 9.17) is 31.9 Å². The maximum Gasteiger partial charge on any atom is 0.425 e. The third-order valence-corrected chi connectivity index (χ3v) is 12.1. The van der Waals surface area contributed by atoms with Gasteiger partial charge in [-0.3, -0.25) is 9.11 Å². The van der Waals surface area contributed by atoms with Crippen LogP contribution in [0, 0.1) is 27.7 Å². The molecule has 0 aliphatic heterocycles. The molecule has 0 saturated heterocycles. The number of benzene rings is 4. The van der Waals surface area contributed by atoms with Crippen LogP contribution in [0.3, 0.4) is 0 Å². The Labute approximate surface area is 345 Å². The third-order valence-electron chi connectivity index (χ3n) is 9.76. The van der Waals surface area contributed by atoms with Crippen LogP contribution in [0.1, 0.15) is 77.1 Å². The van der Waals surface area contributed by atoms with Gasteiger partial charge in [0.05, 0.1) is 24.7 Å². The van der Waals surface area contributed by atoms with Crippen LogP contribution in [0.5, 0.6) is 0 Å². The van der Waals surface area contributed by atoms with Crippen LogP contribution < -0.4 is 0 Å². The number of ether oxygens (including phenoxy) is 2. The Morgan fingerprint density at radius 2 is 0.983 bits per heavy atom. The first kappa shape index (κ1) is 47.2. The van der Waals surface area contributed by atoms with Gasteiger partial charge in [-0.25, -0.2) is 5.26 Å². The quantitative estimate of drug-likeness (QED) is 0.0248. The molecular weight excluding hydrogens is 833 g/mol. The molecule has 14 nitrogen and oxygen atoms in total. The Morgan fingerprint density at radius 3 is 1.36 bits per heavy atom. The number of unbranched alkanes of at least 4 members (excludes halogenated alkanes) is 2. The zero-order chi connectivity index (χ0) is 42.9. The fourth-order valence-electron chi connectivity index (χ4n) is 7.33. The van der Waals surface area contributed by atoms with Crippen molar-refractivity contribution >= 4 is 42.9 Å². The summed E-state index contributed by atoms with van der Waals surface area (Å²) in [6.45, 7) is 10.6. The summed E-state index contributed by atoms with van der Waals surface area (Å²) in [5.74, 6) is -1.07. The molecule has 0 bridgehead atoms. The summed E-state index contributed by atoms with van der Waals surface area (Å²) in [7, 11) is -11.2. The highest BCUT2D eigenvalue weighted by Crippen LogP contribution is 2.52. The van der Waals surface area contributed by atoms with Crippen molar-refractivity contribution in [3.05, 3.63) is 117 Å². The summed E-state index contributed by atoms with van der Waals surface area (Å²) in [5.41, 5.74) is 11.7. The van der Waals surface area contributed by atoms with Gasteiger partial charge < -0.3 is 9.47 Å². The minimum atomic E-state index is -4.08. The number of aryl methyl sites for hydroxylation is 4. The first-order valence-electron chi connectivity index (χ1n) is 18.2. The molecule has 0 spiro atoms. The van der Waals surface area contributed by atoms with Crippen molar-refractivity contribution in [3.8, 4) is 22.3 Å². The summed E-state index contributed by atoms with van der Waals surface area (Å²) >= 11 is 1.01. The average molecular weight is 881 g/mol. The van der Waals surface area contributed by atoms with Crippen LogP contribution in [0.25, 0.3) is 22.3 Å². The lowest BCUT2D eigenvalue weighted by Crippen LogP contribution is -2.34. The molecule has 0 unspecified atom stereocenters. The predicted molar refractivity (Wildman–Crippen MR) is 220 cm³/mol. The van der Waals surface area contributed by atoms with Crippen molar-refractivity contribution < 1.29 is 62.7 Å². The van der Waals surface area contributed by atoms with E-state index in [2.05, 4.69) is 45.8 Å². The molecule has 0 aromatic heterocycles. The maximum atomic E-state index is 11.5. The molecule has 4 aromatic carbocycles. The van der Waals surface area contributed by atoms with Gasteiger partial charge >= 0.3 is 10.6 Å². The zero-order valence-electron chi connectivity index (χ0n) is 32.8. The number of hydrogen-bond donors (Lipinski definition) is 3. The summed E-state index contributed by atoms with van der Waals surface area (Å²) in [6.07, 6.45) is 2.26. The van der Waals surface area contributed by atoms with Crippen molar-refractivity contribution in [2.24, 2.45) is 0 Å². The topological polar surface area (TPSA) is 217 Å². The minimum absolute atomic E-state index is 0.272. The maximum absolute atomic E-state index is 11.5. The van der Waals surface area contributed by atoms with Crippen molar-refractivity contribution in [1.29, 1.82) is 0 Å². The van der Waals surface area contributed by atoms with Crippen molar-refractivity contribution in [3.63, 3.8) is 0 Å². The highest BCUT2D eigenvalue weighted by Gasteiger charge is 2.46. The summed E-state index contributed by atoms with van der Waals surface area (Å²) in [4.78, 5) is 0. The molecule has 18 heteroatoms. The molecule has 0 heterocycles. The molecule has 58 heavy (non-hydrogen) atoms. The monoisotopic (exact) mass is 880 g/mol. The second-order valence-corrected chi connectivity index (χ2v) is 18.6. The van der Waals surface area contributed by atoms with Crippen LogP contribution in [0.15, 0.2) is 72.8 Å². The van der Waals surface area contributed by atoms with Gasteiger partial charge in [0.1, 0.15) is 0 Å². The molecule has 316 valence electrons. The van der Waals surface area contributed by atoms with Crippen LogP contribution in [0.2, 0.25) is 0 Å². The van der Waals surface area contributed by atoms with E-state index in [9.17, 15) is 21.4 Å². The molecule has 0 radical (unpaired) electrons. The third kappa shape index (κ3) is 12.3. The number of fused-ring (bicyclic) bond motifs is 6. The van der Waals surface area contributed by atoms with Crippen LogP contribution in [-0.2, 0) is 60.9 Å². The van der Waals surface area contributed by atoms with Gasteiger partial charge in [-0.15, -0.1) is 17.0 Å². The van der Waals surface area contributed by atoms with Gasteiger partial charge in [0.2, 0.25) is 5.79 Å². The van der Waals surface area contributed by atoms with Crippen molar-refractivity contribution in [2.45, 2.75) is 71.5 Å². The standard InChI is InChI=1S/C23H30O8S2.C17H18O3S.O3S/c1-17-7-9-19-20-10-8-18(2)16-22(20)23(21(19)15-17,28-11-3-5-13-32-31-30-24)29-12-4-6-14-33(25,26)27;1-11-4-6-13-14-7-5-12(2)9-16(14)17(3,15(13)8-11)10-21(18,19)20;1-4(2)3/h7-10,15-16,24H,3-6,11-14H2,1-2H3,(H,25,26,27);4-9H,10H2,1-3H3,(H,18,19,20);. The Kier molecular flexibility index (Phi) is 16.4. The van der Waals surface area contributed by atoms with Gasteiger partial charge in [0.15, 0.2) is 0 Å². The molecule has 4 aromatic rings. The van der Waals surface area contributed by atoms with Crippen LogP contribution in [-0.4, -0.2) is 74.3 Å². The van der Waals surface area contributed by atoms with Gasteiger partial charge in [0.25, 0.3) is 20.2 Å². The summed E-state index contributed by atoms with van der Waals surface area (Å²) in [6, 6.07) is 24.6. The highest BCUT2D eigenvalue weighted by molar-refractivity contribution is 7.94. The second kappa shape index (κ2) is 20.2. The molecule has 3 N–H and O–H groups in total. The van der Waals surface area contributed by atoms with Gasteiger partial charge in [-0.2, -0.15) is 16.8 Å². The van der Waals surface area contributed by atoms with E-state index < -0.39 is 42.0 Å². The fourth-order valence-corrected chi connectivity index (χ4v) is 9.37. The molecule has 2 aliphatic carbocycles. The normalized spacial score (nSPS) is 14.2. The predicted octanol–water partition coefficient (Wildman–Crippen LogP) is 7.51.